The third-order valence-electron chi connectivity index (χ3n) is 4.33. The number of carbonyl (C=O) groups is 1. The summed E-state index contributed by atoms with van der Waals surface area (Å²) in [5.41, 5.74) is 0.414. The predicted molar refractivity (Wildman–Crippen MR) is 120 cm³/mol. The first-order valence-electron chi connectivity index (χ1n) is 9.38. The highest BCUT2D eigenvalue weighted by Gasteiger charge is 2.23. The number of carbonyl (C=O) groups excluding carboxylic acids is 1. The lowest BCUT2D eigenvalue weighted by Crippen LogP contribution is -2.30. The smallest absolute Gasteiger partial charge is 0.265 e. The second-order valence-corrected chi connectivity index (χ2v) is 8.71. The fourth-order valence-electron chi connectivity index (χ4n) is 2.72. The Morgan fingerprint density at radius 1 is 1.06 bits per heavy atom. The fourth-order valence-corrected chi connectivity index (χ4v) is 4.24. The van der Waals surface area contributed by atoms with E-state index >= 15 is 0 Å². The Bertz CT molecular complexity index is 1220. The highest BCUT2D eigenvalue weighted by molar-refractivity contribution is 7.92. The molecule has 2 N–H and O–H groups in total. The standard InChI is InChI=1S/C22H20ClFN2O5S/c1-14(31-17-10-7-15(24)8-11-17)22(27)25-16-9-12-20(30-2)21(13-16)32(28,29)26-19-6-4-3-5-18(19)23/h3-14,26H,1-2H3,(H,25,27). The molecule has 0 aliphatic carbocycles. The van der Waals surface area contributed by atoms with Crippen molar-refractivity contribution in [2.75, 3.05) is 17.1 Å². The van der Waals surface area contributed by atoms with Crippen molar-refractivity contribution in [3.8, 4) is 11.5 Å². The lowest BCUT2D eigenvalue weighted by molar-refractivity contribution is -0.122. The molecule has 0 fully saturated rings. The number of sulfonamides is 1. The van der Waals surface area contributed by atoms with Gasteiger partial charge < -0.3 is 14.8 Å². The van der Waals surface area contributed by atoms with Gasteiger partial charge in [0.15, 0.2) is 6.10 Å². The van der Waals surface area contributed by atoms with Gasteiger partial charge in [-0.3, -0.25) is 9.52 Å². The van der Waals surface area contributed by atoms with Gasteiger partial charge in [-0.25, -0.2) is 12.8 Å². The van der Waals surface area contributed by atoms with Crippen molar-refractivity contribution in [2.24, 2.45) is 0 Å². The molecular weight excluding hydrogens is 459 g/mol. The zero-order chi connectivity index (χ0) is 23.3. The van der Waals surface area contributed by atoms with Crippen LogP contribution in [0.5, 0.6) is 11.5 Å². The van der Waals surface area contributed by atoms with E-state index in [-0.39, 0.29) is 27.0 Å². The summed E-state index contributed by atoms with van der Waals surface area (Å²) >= 11 is 6.05. The average molecular weight is 479 g/mol. The van der Waals surface area contributed by atoms with Crippen LogP contribution in [0.25, 0.3) is 0 Å². The van der Waals surface area contributed by atoms with Crippen LogP contribution in [0.15, 0.2) is 71.6 Å². The molecule has 7 nitrogen and oxygen atoms in total. The van der Waals surface area contributed by atoms with Gasteiger partial charge in [0.05, 0.1) is 17.8 Å². The SMILES string of the molecule is COc1ccc(NC(=O)C(C)Oc2ccc(F)cc2)cc1S(=O)(=O)Nc1ccccc1Cl. The van der Waals surface area contributed by atoms with Crippen molar-refractivity contribution in [3.05, 3.63) is 77.6 Å². The van der Waals surface area contributed by atoms with Crippen molar-refractivity contribution >= 4 is 38.9 Å². The lowest BCUT2D eigenvalue weighted by Gasteiger charge is -2.17. The molecule has 3 rings (SSSR count). The summed E-state index contributed by atoms with van der Waals surface area (Å²) in [6, 6.07) is 15.8. The van der Waals surface area contributed by atoms with Gasteiger partial charge in [-0.1, -0.05) is 23.7 Å². The minimum absolute atomic E-state index is 0.0816. The second-order valence-electron chi connectivity index (χ2n) is 6.65. The highest BCUT2D eigenvalue weighted by atomic mass is 35.5. The Hall–Kier alpha value is -3.30. The summed E-state index contributed by atoms with van der Waals surface area (Å²) in [5, 5.41) is 2.83. The van der Waals surface area contributed by atoms with Crippen LogP contribution in [-0.2, 0) is 14.8 Å². The molecule has 0 aliphatic heterocycles. The van der Waals surface area contributed by atoms with E-state index < -0.39 is 27.9 Å². The Balaban J connectivity index is 1.80. The topological polar surface area (TPSA) is 93.7 Å². The van der Waals surface area contributed by atoms with E-state index in [9.17, 15) is 17.6 Å². The normalized spacial score (nSPS) is 12.0. The number of rotatable bonds is 8. The minimum atomic E-state index is -4.09. The van der Waals surface area contributed by atoms with Crippen LogP contribution < -0.4 is 19.5 Å². The predicted octanol–water partition coefficient (Wildman–Crippen LogP) is 4.69. The number of amides is 1. The zero-order valence-corrected chi connectivity index (χ0v) is 18.7. The van der Waals surface area contributed by atoms with Crippen molar-refractivity contribution in [1.29, 1.82) is 0 Å². The van der Waals surface area contributed by atoms with Gasteiger partial charge >= 0.3 is 0 Å². The van der Waals surface area contributed by atoms with E-state index in [0.29, 0.717) is 5.75 Å². The maximum Gasteiger partial charge on any atom is 0.265 e. The third kappa shape index (κ3) is 5.68. The molecule has 32 heavy (non-hydrogen) atoms. The monoisotopic (exact) mass is 478 g/mol. The number of halogens is 2. The molecule has 0 aromatic heterocycles. The maximum absolute atomic E-state index is 13.0. The van der Waals surface area contributed by atoms with Gasteiger partial charge in [0.1, 0.15) is 22.2 Å². The number of hydrogen-bond donors (Lipinski definition) is 2. The molecule has 0 spiro atoms. The highest BCUT2D eigenvalue weighted by Crippen LogP contribution is 2.31. The van der Waals surface area contributed by atoms with E-state index in [2.05, 4.69) is 10.0 Å². The second kappa shape index (κ2) is 9.88. The van der Waals surface area contributed by atoms with Crippen molar-refractivity contribution < 1.29 is 27.1 Å². The Morgan fingerprint density at radius 3 is 2.41 bits per heavy atom. The Morgan fingerprint density at radius 2 is 1.75 bits per heavy atom. The molecule has 0 aliphatic rings. The van der Waals surface area contributed by atoms with Gasteiger partial charge in [0, 0.05) is 5.69 Å². The lowest BCUT2D eigenvalue weighted by atomic mass is 10.2. The van der Waals surface area contributed by atoms with Crippen molar-refractivity contribution in [3.63, 3.8) is 0 Å². The summed E-state index contributed by atoms with van der Waals surface area (Å²) in [6.45, 7) is 1.51. The van der Waals surface area contributed by atoms with Gasteiger partial charge in [-0.15, -0.1) is 0 Å². The number of methoxy groups -OCH3 is 1. The van der Waals surface area contributed by atoms with Crippen LogP contribution in [0, 0.1) is 5.82 Å². The maximum atomic E-state index is 13.0. The molecule has 0 radical (unpaired) electrons. The van der Waals surface area contributed by atoms with Gasteiger partial charge in [0.2, 0.25) is 0 Å². The van der Waals surface area contributed by atoms with Crippen LogP contribution in [0.2, 0.25) is 5.02 Å². The number of anilines is 2. The minimum Gasteiger partial charge on any atom is -0.495 e. The number of para-hydroxylation sites is 1. The molecule has 1 unspecified atom stereocenters. The number of ether oxygens (including phenoxy) is 2. The van der Waals surface area contributed by atoms with Gasteiger partial charge in [-0.2, -0.15) is 0 Å². The van der Waals surface area contributed by atoms with Crippen molar-refractivity contribution in [1.82, 2.24) is 0 Å². The first kappa shape index (κ1) is 23.4. The molecule has 168 valence electrons. The van der Waals surface area contributed by atoms with E-state index in [1.165, 1.54) is 62.6 Å². The zero-order valence-electron chi connectivity index (χ0n) is 17.1. The molecule has 1 atom stereocenters. The van der Waals surface area contributed by atoms with Crippen LogP contribution in [0.3, 0.4) is 0 Å². The van der Waals surface area contributed by atoms with Crippen LogP contribution in [0.4, 0.5) is 15.8 Å². The molecular formula is C22H20ClFN2O5S. The van der Waals surface area contributed by atoms with Gasteiger partial charge in [0.25, 0.3) is 15.9 Å². The van der Waals surface area contributed by atoms with E-state index in [0.717, 1.165) is 0 Å². The third-order valence-corrected chi connectivity index (χ3v) is 6.05. The Labute approximate surface area is 190 Å². The number of hydrogen-bond acceptors (Lipinski definition) is 5. The molecule has 0 bridgehead atoms. The molecule has 0 saturated heterocycles. The quantitative estimate of drug-likeness (QED) is 0.489. The summed E-state index contributed by atoms with van der Waals surface area (Å²) in [5.74, 6) is -0.553. The molecule has 0 saturated carbocycles. The molecule has 1 amide bonds. The largest absolute Gasteiger partial charge is 0.495 e. The molecule has 3 aromatic rings. The van der Waals surface area contributed by atoms with Crippen LogP contribution in [-0.4, -0.2) is 27.5 Å². The number of nitrogens with one attached hydrogen (secondary N) is 2. The fraction of sp³-hybridized carbons (Fsp3) is 0.136. The average Bonchev–Trinajstić information content (AvgIpc) is 2.76. The summed E-state index contributed by atoms with van der Waals surface area (Å²) in [7, 11) is -2.75. The number of benzene rings is 3. The first-order chi connectivity index (χ1) is 15.2. The molecule has 3 aromatic carbocycles. The Kier molecular flexibility index (Phi) is 7.22. The van der Waals surface area contributed by atoms with E-state index in [4.69, 9.17) is 21.1 Å². The van der Waals surface area contributed by atoms with Gasteiger partial charge in [-0.05, 0) is 61.5 Å². The molecule has 10 heteroatoms. The van der Waals surface area contributed by atoms with Crippen molar-refractivity contribution in [2.45, 2.75) is 17.9 Å². The summed E-state index contributed by atoms with van der Waals surface area (Å²) in [4.78, 5) is 12.3. The first-order valence-corrected chi connectivity index (χ1v) is 11.2. The molecule has 0 heterocycles. The van der Waals surface area contributed by atoms with Crippen LogP contribution in [0.1, 0.15) is 6.92 Å². The summed E-state index contributed by atoms with van der Waals surface area (Å²) < 4.78 is 52.0. The summed E-state index contributed by atoms with van der Waals surface area (Å²) in [6.07, 6.45) is -0.927. The van der Waals surface area contributed by atoms with E-state index in [1.807, 2.05) is 0 Å². The van der Waals surface area contributed by atoms with Crippen LogP contribution >= 0.6 is 11.6 Å². The van der Waals surface area contributed by atoms with E-state index in [1.54, 1.807) is 18.2 Å².